The summed E-state index contributed by atoms with van der Waals surface area (Å²) in [4.78, 5) is 2.62. The molecule has 2 heterocycles. The third kappa shape index (κ3) is 2.87. The van der Waals surface area contributed by atoms with Gasteiger partial charge in [-0.05, 0) is 76.1 Å². The van der Waals surface area contributed by atoms with Crippen molar-refractivity contribution >= 4 is 31.9 Å². The largest absolute Gasteiger partial charge is 0.451 e. The van der Waals surface area contributed by atoms with Gasteiger partial charge in [0.1, 0.15) is 5.76 Å². The molecule has 2 N–H and O–H groups in total. The van der Waals surface area contributed by atoms with Gasteiger partial charge in [-0.25, -0.2) is 0 Å². The summed E-state index contributed by atoms with van der Waals surface area (Å²) in [5.74, 6) is 1.85. The summed E-state index contributed by atoms with van der Waals surface area (Å²) in [6.07, 6.45) is 8.17. The lowest BCUT2D eigenvalue weighted by Gasteiger charge is -2.47. The minimum absolute atomic E-state index is 0.212. The first-order chi connectivity index (χ1) is 9.70. The zero-order valence-electron chi connectivity index (χ0n) is 11.7. The van der Waals surface area contributed by atoms with Crippen molar-refractivity contribution in [2.45, 2.75) is 50.6 Å². The maximum Gasteiger partial charge on any atom is 0.183 e. The molecule has 0 bridgehead atoms. The predicted octanol–water partition coefficient (Wildman–Crippen LogP) is 4.46. The number of likely N-dealkylation sites (tertiary alicyclic amines) is 1. The molecule has 2 aliphatic rings. The van der Waals surface area contributed by atoms with E-state index in [9.17, 15) is 0 Å². The van der Waals surface area contributed by atoms with E-state index < -0.39 is 0 Å². The van der Waals surface area contributed by atoms with Crippen LogP contribution in [0.1, 0.15) is 50.3 Å². The first-order valence-corrected chi connectivity index (χ1v) is 9.20. The Balaban J connectivity index is 1.83. The van der Waals surface area contributed by atoms with E-state index in [1.165, 1.54) is 38.5 Å². The lowest BCUT2D eigenvalue weighted by Crippen LogP contribution is -2.49. The Bertz CT molecular complexity index is 441. The number of fused-ring (bicyclic) bond motifs is 1. The normalized spacial score (nSPS) is 29.1. The monoisotopic (exact) mass is 404 g/mol. The van der Waals surface area contributed by atoms with Crippen molar-refractivity contribution in [3.8, 4) is 0 Å². The van der Waals surface area contributed by atoms with Crippen molar-refractivity contribution in [2.75, 3.05) is 13.1 Å². The van der Waals surface area contributed by atoms with Crippen LogP contribution in [0.4, 0.5) is 0 Å². The van der Waals surface area contributed by atoms with Crippen LogP contribution in [-0.4, -0.2) is 24.0 Å². The van der Waals surface area contributed by atoms with Crippen LogP contribution >= 0.6 is 31.9 Å². The topological polar surface area (TPSA) is 42.4 Å². The van der Waals surface area contributed by atoms with Crippen molar-refractivity contribution in [3.05, 3.63) is 21.0 Å². The molecule has 0 radical (unpaired) electrons. The van der Waals surface area contributed by atoms with Crippen molar-refractivity contribution in [2.24, 2.45) is 11.7 Å². The SMILES string of the molecule is NCC(c1cc(Br)c(Br)o1)N1CCCC2CCCCC21. The van der Waals surface area contributed by atoms with Gasteiger partial charge in [-0.2, -0.15) is 0 Å². The number of nitrogens with two attached hydrogens (primary N) is 1. The number of furan rings is 1. The molecule has 112 valence electrons. The summed E-state index contributed by atoms with van der Waals surface area (Å²) < 4.78 is 7.59. The minimum atomic E-state index is 0.212. The molecule has 1 aliphatic heterocycles. The summed E-state index contributed by atoms with van der Waals surface area (Å²) in [5.41, 5.74) is 6.08. The molecule has 1 aromatic rings. The zero-order valence-corrected chi connectivity index (χ0v) is 14.8. The third-order valence-electron chi connectivity index (χ3n) is 4.90. The quantitative estimate of drug-likeness (QED) is 0.807. The molecule has 0 aromatic carbocycles. The first-order valence-electron chi connectivity index (χ1n) is 7.61. The Morgan fingerprint density at radius 2 is 2.00 bits per heavy atom. The van der Waals surface area contributed by atoms with Crippen molar-refractivity contribution in [1.82, 2.24) is 4.90 Å². The van der Waals surface area contributed by atoms with Gasteiger partial charge in [0.15, 0.2) is 4.67 Å². The smallest absolute Gasteiger partial charge is 0.183 e. The van der Waals surface area contributed by atoms with Crippen LogP contribution < -0.4 is 5.73 Å². The molecule has 3 atom stereocenters. The lowest BCUT2D eigenvalue weighted by molar-refractivity contribution is 0.0205. The summed E-state index contributed by atoms with van der Waals surface area (Å²) in [6, 6.07) is 2.98. The van der Waals surface area contributed by atoms with Gasteiger partial charge in [-0.3, -0.25) is 4.90 Å². The Morgan fingerprint density at radius 3 is 2.70 bits per heavy atom. The Hall–Kier alpha value is 0.160. The van der Waals surface area contributed by atoms with E-state index in [0.29, 0.717) is 12.6 Å². The Morgan fingerprint density at radius 1 is 1.25 bits per heavy atom. The van der Waals surface area contributed by atoms with Gasteiger partial charge in [-0.15, -0.1) is 0 Å². The number of hydrogen-bond acceptors (Lipinski definition) is 3. The number of rotatable bonds is 3. The summed E-state index contributed by atoms with van der Waals surface area (Å²) in [7, 11) is 0. The van der Waals surface area contributed by atoms with Crippen molar-refractivity contribution < 1.29 is 4.42 Å². The van der Waals surface area contributed by atoms with Crippen molar-refractivity contribution in [3.63, 3.8) is 0 Å². The van der Waals surface area contributed by atoms with Crippen LogP contribution in [0.3, 0.4) is 0 Å². The molecule has 3 nitrogen and oxygen atoms in total. The average molecular weight is 406 g/mol. The van der Waals surface area contributed by atoms with Gasteiger partial charge < -0.3 is 10.2 Å². The second-order valence-corrected chi connectivity index (χ2v) is 7.59. The molecular weight excluding hydrogens is 384 g/mol. The predicted molar refractivity (Wildman–Crippen MR) is 87.6 cm³/mol. The van der Waals surface area contributed by atoms with Gasteiger partial charge in [0, 0.05) is 12.6 Å². The molecule has 0 amide bonds. The molecule has 2 fully saturated rings. The molecular formula is C15H22Br2N2O. The molecule has 3 unspecified atom stereocenters. The van der Waals surface area contributed by atoms with Gasteiger partial charge >= 0.3 is 0 Å². The lowest BCUT2D eigenvalue weighted by atomic mass is 9.77. The summed E-state index contributed by atoms with van der Waals surface area (Å²) in [6.45, 7) is 1.77. The average Bonchev–Trinajstić information content (AvgIpc) is 2.79. The van der Waals surface area contributed by atoms with E-state index in [1.54, 1.807) is 0 Å². The van der Waals surface area contributed by atoms with Crippen molar-refractivity contribution in [1.29, 1.82) is 0 Å². The van der Waals surface area contributed by atoms with Gasteiger partial charge in [-0.1, -0.05) is 12.8 Å². The summed E-state index contributed by atoms with van der Waals surface area (Å²) >= 11 is 6.94. The third-order valence-corrected chi connectivity index (χ3v) is 6.61. The first kappa shape index (κ1) is 15.1. The molecule has 1 aliphatic carbocycles. The molecule has 1 saturated heterocycles. The Kier molecular flexibility index (Phi) is 4.90. The van der Waals surface area contributed by atoms with Crippen LogP contribution in [0.25, 0.3) is 0 Å². The number of halogens is 2. The van der Waals surface area contributed by atoms with Crippen LogP contribution in [-0.2, 0) is 0 Å². The fraction of sp³-hybridized carbons (Fsp3) is 0.733. The van der Waals surface area contributed by atoms with E-state index in [1.807, 2.05) is 0 Å². The van der Waals surface area contributed by atoms with E-state index in [4.69, 9.17) is 10.2 Å². The molecule has 20 heavy (non-hydrogen) atoms. The highest BCUT2D eigenvalue weighted by Gasteiger charge is 2.37. The van der Waals surface area contributed by atoms with Gasteiger partial charge in [0.25, 0.3) is 0 Å². The van der Waals surface area contributed by atoms with E-state index >= 15 is 0 Å². The standard InChI is InChI=1S/C15H22Br2N2O/c16-11-8-14(20-15(11)17)13(9-18)19-7-3-5-10-4-1-2-6-12(10)19/h8,10,12-13H,1-7,9,18H2. The fourth-order valence-corrected chi connectivity index (χ4v) is 4.60. The van der Waals surface area contributed by atoms with E-state index in [2.05, 4.69) is 42.8 Å². The van der Waals surface area contributed by atoms with Crippen LogP contribution in [0.15, 0.2) is 19.6 Å². The highest BCUT2D eigenvalue weighted by molar-refractivity contribution is 9.13. The Labute approximate surface area is 137 Å². The zero-order chi connectivity index (χ0) is 14.1. The summed E-state index contributed by atoms with van der Waals surface area (Å²) in [5, 5.41) is 0. The molecule has 1 aromatic heterocycles. The molecule has 3 rings (SSSR count). The van der Waals surface area contributed by atoms with Crippen LogP contribution in [0, 0.1) is 5.92 Å². The van der Waals surface area contributed by atoms with Crippen LogP contribution in [0.5, 0.6) is 0 Å². The van der Waals surface area contributed by atoms with Gasteiger partial charge in [0.2, 0.25) is 0 Å². The highest BCUT2D eigenvalue weighted by atomic mass is 79.9. The number of hydrogen-bond donors (Lipinski definition) is 1. The van der Waals surface area contributed by atoms with E-state index in [-0.39, 0.29) is 6.04 Å². The molecule has 5 heteroatoms. The van der Waals surface area contributed by atoms with Crippen LogP contribution in [0.2, 0.25) is 0 Å². The molecule has 1 saturated carbocycles. The second-order valence-electron chi connectivity index (χ2n) is 6.01. The fourth-order valence-electron chi connectivity index (χ4n) is 3.99. The van der Waals surface area contributed by atoms with Gasteiger partial charge in [0.05, 0.1) is 10.5 Å². The maximum absolute atomic E-state index is 6.08. The maximum atomic E-state index is 6.08. The minimum Gasteiger partial charge on any atom is -0.451 e. The number of piperidine rings is 1. The number of nitrogens with zero attached hydrogens (tertiary/aromatic N) is 1. The second kappa shape index (κ2) is 6.51. The molecule has 0 spiro atoms. The highest BCUT2D eigenvalue weighted by Crippen LogP contribution is 2.40. The van der Waals surface area contributed by atoms with E-state index in [0.717, 1.165) is 27.4 Å².